The number of carbonyl (C=O) groups excluding carboxylic acids is 1. The third-order valence-electron chi connectivity index (χ3n) is 5.02. The van der Waals surface area contributed by atoms with Gasteiger partial charge in [-0.1, -0.05) is 42.5 Å². The van der Waals surface area contributed by atoms with Crippen molar-refractivity contribution in [2.75, 3.05) is 6.54 Å². The van der Waals surface area contributed by atoms with Gasteiger partial charge in [0.1, 0.15) is 5.76 Å². The Morgan fingerprint density at radius 1 is 1.07 bits per heavy atom. The van der Waals surface area contributed by atoms with Crippen LogP contribution in [0.1, 0.15) is 27.4 Å². The highest BCUT2D eigenvalue weighted by Gasteiger charge is 2.12. The number of hydrogen-bond donors (Lipinski definition) is 2. The number of nitrogens with two attached hydrogens (primary N) is 1. The standard InChI is InChI=1S/C24H23N3O2/c1-16-22(27-24(29-16)18-6-3-2-4-7-18)12-13-26-23(28)19-11-10-17-8-5-9-20(15-25)21(17)14-19/h2-11,14H,12-13,15,25H2,1H3,(H,26,28). The van der Waals surface area contributed by atoms with Gasteiger partial charge in [0.2, 0.25) is 5.89 Å². The molecule has 0 fully saturated rings. The Labute approximate surface area is 169 Å². The molecule has 3 N–H and O–H groups in total. The molecule has 0 spiro atoms. The summed E-state index contributed by atoms with van der Waals surface area (Å²) in [5.41, 5.74) is 9.28. The van der Waals surface area contributed by atoms with Gasteiger partial charge in [-0.15, -0.1) is 0 Å². The van der Waals surface area contributed by atoms with Crippen LogP contribution in [0.5, 0.6) is 0 Å². The largest absolute Gasteiger partial charge is 0.441 e. The van der Waals surface area contributed by atoms with E-state index in [0.717, 1.165) is 33.4 Å². The molecule has 0 aliphatic rings. The summed E-state index contributed by atoms with van der Waals surface area (Å²) in [6.07, 6.45) is 0.607. The summed E-state index contributed by atoms with van der Waals surface area (Å²) in [6.45, 7) is 2.82. The van der Waals surface area contributed by atoms with Crippen molar-refractivity contribution in [3.05, 3.63) is 89.3 Å². The number of rotatable bonds is 6. The Kier molecular flexibility index (Phi) is 5.40. The van der Waals surface area contributed by atoms with Crippen LogP contribution in [0.2, 0.25) is 0 Å². The van der Waals surface area contributed by atoms with Crippen molar-refractivity contribution in [1.82, 2.24) is 10.3 Å². The minimum atomic E-state index is -0.108. The first-order valence-electron chi connectivity index (χ1n) is 9.67. The van der Waals surface area contributed by atoms with Crippen molar-refractivity contribution in [3.8, 4) is 11.5 Å². The summed E-state index contributed by atoms with van der Waals surface area (Å²) >= 11 is 0. The molecule has 5 heteroatoms. The fourth-order valence-corrected chi connectivity index (χ4v) is 3.42. The summed E-state index contributed by atoms with van der Waals surface area (Å²) in [5, 5.41) is 5.07. The zero-order valence-electron chi connectivity index (χ0n) is 16.3. The second kappa shape index (κ2) is 8.29. The predicted octanol–water partition coefficient (Wildman–Crippen LogP) is 4.23. The van der Waals surface area contributed by atoms with E-state index in [-0.39, 0.29) is 5.91 Å². The molecule has 146 valence electrons. The number of amides is 1. The molecular weight excluding hydrogens is 362 g/mol. The fraction of sp³-hybridized carbons (Fsp3) is 0.167. The topological polar surface area (TPSA) is 81.2 Å². The maximum atomic E-state index is 12.6. The molecule has 4 aromatic rings. The van der Waals surface area contributed by atoms with E-state index in [2.05, 4.69) is 10.3 Å². The number of fused-ring (bicyclic) bond motifs is 1. The van der Waals surface area contributed by atoms with Gasteiger partial charge in [0.25, 0.3) is 5.91 Å². The van der Waals surface area contributed by atoms with Crippen LogP contribution in [0, 0.1) is 6.92 Å². The van der Waals surface area contributed by atoms with Crippen LogP contribution in [0.4, 0.5) is 0 Å². The second-order valence-corrected chi connectivity index (χ2v) is 6.95. The van der Waals surface area contributed by atoms with Gasteiger partial charge in [-0.2, -0.15) is 0 Å². The maximum Gasteiger partial charge on any atom is 0.251 e. The van der Waals surface area contributed by atoms with Gasteiger partial charge >= 0.3 is 0 Å². The van der Waals surface area contributed by atoms with Gasteiger partial charge < -0.3 is 15.5 Å². The van der Waals surface area contributed by atoms with E-state index in [0.29, 0.717) is 31.0 Å². The fourth-order valence-electron chi connectivity index (χ4n) is 3.42. The van der Waals surface area contributed by atoms with E-state index in [9.17, 15) is 4.79 Å². The van der Waals surface area contributed by atoms with Crippen molar-refractivity contribution in [3.63, 3.8) is 0 Å². The zero-order chi connectivity index (χ0) is 20.2. The number of carbonyl (C=O) groups is 1. The van der Waals surface area contributed by atoms with Gasteiger partial charge in [0.15, 0.2) is 0 Å². The number of nitrogens with zero attached hydrogens (tertiary/aromatic N) is 1. The molecule has 1 amide bonds. The lowest BCUT2D eigenvalue weighted by atomic mass is 10.0. The van der Waals surface area contributed by atoms with Crippen molar-refractivity contribution in [2.45, 2.75) is 19.9 Å². The molecule has 29 heavy (non-hydrogen) atoms. The first-order valence-corrected chi connectivity index (χ1v) is 9.67. The van der Waals surface area contributed by atoms with Crippen molar-refractivity contribution in [1.29, 1.82) is 0 Å². The van der Waals surface area contributed by atoms with Gasteiger partial charge in [-0.25, -0.2) is 4.98 Å². The molecular formula is C24H23N3O2. The molecule has 1 heterocycles. The van der Waals surface area contributed by atoms with Crippen LogP contribution < -0.4 is 11.1 Å². The van der Waals surface area contributed by atoms with Crippen LogP contribution in [0.25, 0.3) is 22.2 Å². The van der Waals surface area contributed by atoms with Crippen LogP contribution in [0.3, 0.4) is 0 Å². The highest BCUT2D eigenvalue weighted by molar-refractivity contribution is 5.99. The maximum absolute atomic E-state index is 12.6. The van der Waals surface area contributed by atoms with E-state index in [1.54, 1.807) is 0 Å². The van der Waals surface area contributed by atoms with Crippen LogP contribution in [0.15, 0.2) is 71.1 Å². The van der Waals surface area contributed by atoms with Crippen LogP contribution in [-0.2, 0) is 13.0 Å². The van der Waals surface area contributed by atoms with Crippen LogP contribution in [-0.4, -0.2) is 17.4 Å². The first kappa shape index (κ1) is 18.9. The molecule has 0 atom stereocenters. The average molecular weight is 385 g/mol. The van der Waals surface area contributed by atoms with E-state index in [4.69, 9.17) is 10.2 Å². The lowest BCUT2D eigenvalue weighted by Crippen LogP contribution is -2.25. The predicted molar refractivity (Wildman–Crippen MR) is 115 cm³/mol. The molecule has 4 rings (SSSR count). The first-order chi connectivity index (χ1) is 14.2. The Hall–Kier alpha value is -3.44. The Bertz CT molecular complexity index is 1150. The smallest absolute Gasteiger partial charge is 0.251 e. The summed E-state index contributed by atoms with van der Waals surface area (Å²) in [5.74, 6) is 1.27. The molecule has 0 saturated heterocycles. The number of nitrogens with one attached hydrogen (secondary N) is 1. The molecule has 0 aliphatic carbocycles. The number of aryl methyl sites for hydroxylation is 1. The average Bonchev–Trinajstić information content (AvgIpc) is 3.14. The molecule has 1 aromatic heterocycles. The normalized spacial score (nSPS) is 11.0. The minimum Gasteiger partial charge on any atom is -0.441 e. The lowest BCUT2D eigenvalue weighted by Gasteiger charge is -2.08. The summed E-state index contributed by atoms with van der Waals surface area (Å²) in [4.78, 5) is 17.2. The van der Waals surface area contributed by atoms with Gasteiger partial charge in [0, 0.05) is 30.6 Å². The van der Waals surface area contributed by atoms with Crippen LogP contribution >= 0.6 is 0 Å². The quantitative estimate of drug-likeness (QED) is 0.520. The zero-order valence-corrected chi connectivity index (χ0v) is 16.3. The molecule has 0 bridgehead atoms. The number of aromatic nitrogens is 1. The molecule has 0 radical (unpaired) electrons. The van der Waals surface area contributed by atoms with E-state index < -0.39 is 0 Å². The minimum absolute atomic E-state index is 0.108. The van der Waals surface area contributed by atoms with Crippen molar-refractivity contribution in [2.24, 2.45) is 5.73 Å². The molecule has 0 saturated carbocycles. The molecule has 0 unspecified atom stereocenters. The lowest BCUT2D eigenvalue weighted by molar-refractivity contribution is 0.0954. The monoisotopic (exact) mass is 385 g/mol. The highest BCUT2D eigenvalue weighted by Crippen LogP contribution is 2.22. The Morgan fingerprint density at radius 2 is 1.90 bits per heavy atom. The van der Waals surface area contributed by atoms with E-state index in [1.807, 2.05) is 73.7 Å². The summed E-state index contributed by atoms with van der Waals surface area (Å²) < 4.78 is 5.78. The van der Waals surface area contributed by atoms with E-state index >= 15 is 0 Å². The number of hydrogen-bond acceptors (Lipinski definition) is 4. The SMILES string of the molecule is Cc1oc(-c2ccccc2)nc1CCNC(=O)c1ccc2cccc(CN)c2c1. The van der Waals surface area contributed by atoms with Gasteiger partial charge in [0.05, 0.1) is 5.69 Å². The van der Waals surface area contributed by atoms with Crippen molar-refractivity contribution >= 4 is 16.7 Å². The van der Waals surface area contributed by atoms with E-state index in [1.165, 1.54) is 0 Å². The number of benzene rings is 3. The Balaban J connectivity index is 1.43. The van der Waals surface area contributed by atoms with Gasteiger partial charge in [-0.05, 0) is 47.5 Å². The molecule has 3 aromatic carbocycles. The molecule has 5 nitrogen and oxygen atoms in total. The Morgan fingerprint density at radius 3 is 2.69 bits per heavy atom. The number of oxazole rings is 1. The summed E-state index contributed by atoms with van der Waals surface area (Å²) in [6, 6.07) is 21.5. The second-order valence-electron chi connectivity index (χ2n) is 6.95. The third kappa shape index (κ3) is 4.05. The highest BCUT2D eigenvalue weighted by atomic mass is 16.4. The summed E-state index contributed by atoms with van der Waals surface area (Å²) in [7, 11) is 0. The molecule has 0 aliphatic heterocycles. The van der Waals surface area contributed by atoms with Gasteiger partial charge in [-0.3, -0.25) is 4.79 Å². The van der Waals surface area contributed by atoms with Crippen molar-refractivity contribution < 1.29 is 9.21 Å². The third-order valence-corrected chi connectivity index (χ3v) is 5.02.